The van der Waals surface area contributed by atoms with Crippen LogP contribution >= 0.6 is 0 Å². The Bertz CT molecular complexity index is 795. The largest absolute Gasteiger partial charge is 0.452 e. The lowest BCUT2D eigenvalue weighted by atomic mass is 9.82. The number of piperidine rings is 3. The van der Waals surface area contributed by atoms with Crippen molar-refractivity contribution in [3.63, 3.8) is 0 Å². The lowest BCUT2D eigenvalue weighted by Gasteiger charge is -2.47. The second-order valence-corrected chi connectivity index (χ2v) is 6.61. The Balaban J connectivity index is 1.64. The Labute approximate surface area is 146 Å². The van der Waals surface area contributed by atoms with Crippen molar-refractivity contribution in [2.45, 2.75) is 18.9 Å². The van der Waals surface area contributed by atoms with Gasteiger partial charge in [0.05, 0.1) is 11.3 Å². The maximum absolute atomic E-state index is 14.1. The molecule has 1 atom stereocenters. The van der Waals surface area contributed by atoms with E-state index in [1.54, 1.807) is 24.3 Å². The van der Waals surface area contributed by atoms with Crippen molar-refractivity contribution in [2.75, 3.05) is 13.1 Å². The zero-order valence-corrected chi connectivity index (χ0v) is 13.9. The minimum Gasteiger partial charge on any atom is -0.452 e. The topological polar surface area (TPSA) is 29.5 Å². The molecule has 1 unspecified atom stereocenters. The van der Waals surface area contributed by atoms with Crippen molar-refractivity contribution in [1.29, 1.82) is 0 Å². The van der Waals surface area contributed by atoms with Crippen LogP contribution in [0.2, 0.25) is 0 Å². The van der Waals surface area contributed by atoms with Crippen LogP contribution in [0.3, 0.4) is 0 Å². The fraction of sp³-hybridized carbons (Fsp3) is 0.286. The highest BCUT2D eigenvalue weighted by Gasteiger charge is 2.40. The molecular weight excluding hydrogens is 317 g/mol. The van der Waals surface area contributed by atoms with Crippen LogP contribution in [0.5, 0.6) is 0 Å². The van der Waals surface area contributed by atoms with Gasteiger partial charge in [-0.3, -0.25) is 0 Å². The summed E-state index contributed by atoms with van der Waals surface area (Å²) in [6.07, 6.45) is 3.53. The predicted octanol–water partition coefficient (Wildman–Crippen LogP) is 4.12. The summed E-state index contributed by atoms with van der Waals surface area (Å²) in [6, 6.07) is 15.7. The first-order chi connectivity index (χ1) is 12.2. The van der Waals surface area contributed by atoms with Gasteiger partial charge in [-0.25, -0.2) is 9.18 Å². The Morgan fingerprint density at radius 2 is 1.72 bits per heavy atom. The molecule has 4 heteroatoms. The van der Waals surface area contributed by atoms with E-state index in [-0.39, 0.29) is 17.9 Å². The van der Waals surface area contributed by atoms with Crippen molar-refractivity contribution >= 4 is 12.0 Å². The molecule has 2 aromatic carbocycles. The van der Waals surface area contributed by atoms with E-state index in [0.717, 1.165) is 31.6 Å². The van der Waals surface area contributed by atoms with Crippen LogP contribution in [-0.2, 0) is 4.74 Å². The summed E-state index contributed by atoms with van der Waals surface area (Å²) in [5, 5.41) is 0. The highest BCUT2D eigenvalue weighted by Crippen LogP contribution is 2.38. The molecule has 25 heavy (non-hydrogen) atoms. The molecule has 0 radical (unpaired) electrons. The smallest absolute Gasteiger partial charge is 0.338 e. The first-order valence-electron chi connectivity index (χ1n) is 8.69. The number of carbonyl (C=O) groups excluding carboxylic acids is 1. The van der Waals surface area contributed by atoms with Crippen molar-refractivity contribution in [3.05, 3.63) is 77.2 Å². The second kappa shape index (κ2) is 6.71. The average Bonchev–Trinajstić information content (AvgIpc) is 2.66. The number of rotatable bonds is 3. The minimum atomic E-state index is -0.321. The van der Waals surface area contributed by atoms with E-state index < -0.39 is 0 Å². The van der Waals surface area contributed by atoms with Crippen molar-refractivity contribution in [1.82, 2.24) is 4.90 Å². The lowest BCUT2D eigenvalue weighted by Crippen LogP contribution is -2.50. The minimum absolute atomic E-state index is 0.259. The zero-order chi connectivity index (χ0) is 17.2. The number of hydrogen-bond donors (Lipinski definition) is 0. The van der Waals surface area contributed by atoms with Gasteiger partial charge in [0.1, 0.15) is 11.9 Å². The third-order valence-corrected chi connectivity index (χ3v) is 5.08. The fourth-order valence-electron chi connectivity index (χ4n) is 3.72. The SMILES string of the molecule is O=C(OC1C(=Cc2ccccc2F)N2CCC1CC2)c1ccccc1. The van der Waals surface area contributed by atoms with Gasteiger partial charge in [-0.1, -0.05) is 36.4 Å². The summed E-state index contributed by atoms with van der Waals surface area (Å²) < 4.78 is 19.9. The van der Waals surface area contributed by atoms with E-state index in [9.17, 15) is 9.18 Å². The monoisotopic (exact) mass is 337 g/mol. The van der Waals surface area contributed by atoms with Gasteiger partial charge in [-0.05, 0) is 37.1 Å². The number of carbonyl (C=O) groups is 1. The van der Waals surface area contributed by atoms with E-state index in [1.807, 2.05) is 30.3 Å². The van der Waals surface area contributed by atoms with Gasteiger partial charge in [-0.2, -0.15) is 0 Å². The third-order valence-electron chi connectivity index (χ3n) is 5.08. The Morgan fingerprint density at radius 3 is 2.44 bits per heavy atom. The molecule has 3 aliphatic rings. The molecule has 128 valence electrons. The molecule has 0 aromatic heterocycles. The van der Waals surface area contributed by atoms with E-state index in [0.29, 0.717) is 17.0 Å². The maximum atomic E-state index is 14.1. The van der Waals surface area contributed by atoms with Crippen molar-refractivity contribution in [2.24, 2.45) is 5.92 Å². The van der Waals surface area contributed by atoms with Gasteiger partial charge in [-0.15, -0.1) is 0 Å². The second-order valence-electron chi connectivity index (χ2n) is 6.61. The Kier molecular flexibility index (Phi) is 4.26. The number of nitrogens with zero attached hydrogens (tertiary/aromatic N) is 1. The van der Waals surface area contributed by atoms with Crippen LogP contribution < -0.4 is 0 Å². The van der Waals surface area contributed by atoms with E-state index in [2.05, 4.69) is 4.90 Å². The summed E-state index contributed by atoms with van der Waals surface area (Å²) in [6.45, 7) is 1.87. The standard InChI is InChI=1S/C21H20FNO2/c22-18-9-5-4-8-17(18)14-19-20(15-10-12-23(19)13-11-15)25-21(24)16-6-2-1-3-7-16/h1-9,14-15,20H,10-13H2. The molecule has 3 saturated heterocycles. The first kappa shape index (κ1) is 15.9. The molecule has 3 aliphatic heterocycles. The Morgan fingerprint density at radius 1 is 1.04 bits per heavy atom. The molecule has 3 nitrogen and oxygen atoms in total. The van der Waals surface area contributed by atoms with E-state index in [1.165, 1.54) is 6.07 Å². The van der Waals surface area contributed by atoms with Gasteiger partial charge < -0.3 is 9.64 Å². The van der Waals surface area contributed by atoms with Gasteiger partial charge in [0.2, 0.25) is 0 Å². The summed E-state index contributed by atoms with van der Waals surface area (Å²) >= 11 is 0. The third kappa shape index (κ3) is 3.16. The van der Waals surface area contributed by atoms with Crippen molar-refractivity contribution in [3.8, 4) is 0 Å². The molecule has 0 spiro atoms. The Hall–Kier alpha value is -2.62. The van der Waals surface area contributed by atoms with Crippen LogP contribution in [0.15, 0.2) is 60.3 Å². The number of fused-ring (bicyclic) bond motifs is 3. The van der Waals surface area contributed by atoms with Gasteiger partial charge in [0.25, 0.3) is 0 Å². The molecule has 3 heterocycles. The number of ether oxygens (including phenoxy) is 1. The highest BCUT2D eigenvalue weighted by atomic mass is 19.1. The molecule has 0 aliphatic carbocycles. The van der Waals surface area contributed by atoms with Crippen LogP contribution in [0.4, 0.5) is 4.39 Å². The summed E-state index contributed by atoms with van der Waals surface area (Å²) in [5.74, 6) is -0.278. The van der Waals surface area contributed by atoms with E-state index in [4.69, 9.17) is 4.74 Å². The van der Waals surface area contributed by atoms with Gasteiger partial charge >= 0.3 is 5.97 Å². The number of benzene rings is 2. The molecule has 0 saturated carbocycles. The van der Waals surface area contributed by atoms with Gasteiger partial charge in [0, 0.05) is 24.6 Å². The molecule has 5 rings (SSSR count). The van der Waals surface area contributed by atoms with Crippen LogP contribution in [0.25, 0.3) is 6.08 Å². The molecular formula is C21H20FNO2. The van der Waals surface area contributed by atoms with Gasteiger partial charge in [0.15, 0.2) is 0 Å². The average molecular weight is 337 g/mol. The number of hydrogen-bond acceptors (Lipinski definition) is 3. The predicted molar refractivity (Wildman–Crippen MR) is 94.3 cm³/mol. The van der Waals surface area contributed by atoms with E-state index >= 15 is 0 Å². The maximum Gasteiger partial charge on any atom is 0.338 e. The van der Waals surface area contributed by atoms with Crippen LogP contribution in [-0.4, -0.2) is 30.1 Å². The van der Waals surface area contributed by atoms with Crippen LogP contribution in [0, 0.1) is 11.7 Å². The first-order valence-corrected chi connectivity index (χ1v) is 8.69. The zero-order valence-electron chi connectivity index (χ0n) is 13.9. The quantitative estimate of drug-likeness (QED) is 0.789. The highest BCUT2D eigenvalue weighted by molar-refractivity contribution is 5.89. The molecule has 2 bridgehead atoms. The normalized spacial score (nSPS) is 23.7. The summed E-state index contributed by atoms with van der Waals surface area (Å²) in [4.78, 5) is 14.7. The fourth-order valence-corrected chi connectivity index (χ4v) is 3.72. The number of esters is 1. The lowest BCUT2D eigenvalue weighted by molar-refractivity contribution is -0.0161. The summed E-state index contributed by atoms with van der Waals surface area (Å²) in [7, 11) is 0. The summed E-state index contributed by atoms with van der Waals surface area (Å²) in [5.41, 5.74) is 1.99. The molecule has 2 aromatic rings. The molecule has 0 amide bonds. The molecule has 3 fully saturated rings. The van der Waals surface area contributed by atoms with Crippen molar-refractivity contribution < 1.29 is 13.9 Å². The number of halogens is 1. The molecule has 0 N–H and O–H groups in total. The van der Waals surface area contributed by atoms with Crippen LogP contribution in [0.1, 0.15) is 28.8 Å².